The van der Waals surface area contributed by atoms with Crippen molar-refractivity contribution >= 4 is 11.8 Å². The molecule has 2 aromatic heterocycles. The van der Waals surface area contributed by atoms with Crippen LogP contribution in [0.15, 0.2) is 6.07 Å². The number of nitrogen functional groups attached to an aromatic ring is 1. The number of aryl methyl sites for hydroxylation is 3. The average molecular weight is 286 g/mol. The van der Waals surface area contributed by atoms with Crippen LogP contribution in [-0.4, -0.2) is 26.3 Å². The summed E-state index contributed by atoms with van der Waals surface area (Å²) >= 11 is 0. The third-order valence-electron chi connectivity index (χ3n) is 4.30. The summed E-state index contributed by atoms with van der Waals surface area (Å²) in [5.41, 5.74) is 10.4. The summed E-state index contributed by atoms with van der Waals surface area (Å²) in [4.78, 5) is 10.9. The predicted molar refractivity (Wildman–Crippen MR) is 83.2 cm³/mol. The summed E-state index contributed by atoms with van der Waals surface area (Å²) < 4.78 is 1.96. The molecule has 21 heavy (non-hydrogen) atoms. The largest absolute Gasteiger partial charge is 0.368 e. The maximum Gasteiger partial charge on any atom is 0.222 e. The van der Waals surface area contributed by atoms with Gasteiger partial charge in [0.05, 0.1) is 11.7 Å². The molecule has 1 unspecified atom stereocenters. The Morgan fingerprint density at radius 1 is 1.24 bits per heavy atom. The highest BCUT2D eigenvalue weighted by Gasteiger charge is 2.31. The van der Waals surface area contributed by atoms with E-state index in [1.165, 1.54) is 11.3 Å². The van der Waals surface area contributed by atoms with Crippen molar-refractivity contribution in [3.05, 3.63) is 28.7 Å². The molecule has 0 amide bonds. The zero-order chi connectivity index (χ0) is 15.1. The molecule has 2 N–H and O–H groups in total. The maximum absolute atomic E-state index is 5.81. The van der Waals surface area contributed by atoms with Gasteiger partial charge in [0, 0.05) is 36.6 Å². The van der Waals surface area contributed by atoms with Gasteiger partial charge in [-0.25, -0.2) is 4.98 Å². The second-order valence-electron chi connectivity index (χ2n) is 5.79. The van der Waals surface area contributed by atoms with Gasteiger partial charge >= 0.3 is 0 Å². The van der Waals surface area contributed by atoms with Crippen LogP contribution in [0, 0.1) is 20.8 Å². The number of aromatic nitrogens is 4. The second-order valence-corrected chi connectivity index (χ2v) is 5.79. The zero-order valence-electron chi connectivity index (χ0n) is 13.1. The second kappa shape index (κ2) is 5.02. The minimum atomic E-state index is 0.326. The molecule has 2 aromatic rings. The van der Waals surface area contributed by atoms with Gasteiger partial charge in [-0.1, -0.05) is 0 Å². The highest BCUT2D eigenvalue weighted by atomic mass is 15.3. The third-order valence-corrected chi connectivity index (χ3v) is 4.30. The molecular weight excluding hydrogens is 264 g/mol. The van der Waals surface area contributed by atoms with Crippen LogP contribution in [-0.2, 0) is 7.05 Å². The van der Waals surface area contributed by atoms with Gasteiger partial charge in [0.2, 0.25) is 5.95 Å². The number of nitrogens with two attached hydrogens (primary N) is 1. The molecule has 1 aliphatic heterocycles. The van der Waals surface area contributed by atoms with E-state index >= 15 is 0 Å². The molecule has 0 bridgehead atoms. The molecule has 3 heterocycles. The van der Waals surface area contributed by atoms with Crippen LogP contribution >= 0.6 is 0 Å². The summed E-state index contributed by atoms with van der Waals surface area (Å²) in [7, 11) is 2.00. The number of rotatable bonds is 2. The van der Waals surface area contributed by atoms with Crippen molar-refractivity contribution in [2.75, 3.05) is 17.2 Å². The molecular formula is C15H22N6. The van der Waals surface area contributed by atoms with Crippen molar-refractivity contribution in [1.82, 2.24) is 19.7 Å². The Balaban J connectivity index is 2.03. The predicted octanol–water partition coefficient (Wildman–Crippen LogP) is 2.06. The van der Waals surface area contributed by atoms with E-state index in [9.17, 15) is 0 Å². The zero-order valence-corrected chi connectivity index (χ0v) is 13.1. The van der Waals surface area contributed by atoms with Gasteiger partial charge in [-0.05, 0) is 33.6 Å². The lowest BCUT2D eigenvalue weighted by Crippen LogP contribution is -2.25. The third kappa shape index (κ3) is 2.34. The van der Waals surface area contributed by atoms with Gasteiger partial charge < -0.3 is 10.6 Å². The summed E-state index contributed by atoms with van der Waals surface area (Å²) in [6.45, 7) is 7.16. The van der Waals surface area contributed by atoms with Gasteiger partial charge in [0.15, 0.2) is 0 Å². The van der Waals surface area contributed by atoms with Crippen LogP contribution in [0.5, 0.6) is 0 Å². The first-order chi connectivity index (χ1) is 9.97. The summed E-state index contributed by atoms with van der Waals surface area (Å²) in [6.07, 6.45) is 2.28. The van der Waals surface area contributed by atoms with Crippen LogP contribution in [0.1, 0.15) is 41.5 Å². The lowest BCUT2D eigenvalue weighted by molar-refractivity contribution is 0.693. The molecule has 0 spiro atoms. The Morgan fingerprint density at radius 2 is 2.00 bits per heavy atom. The number of anilines is 2. The number of hydrogen-bond donors (Lipinski definition) is 1. The smallest absolute Gasteiger partial charge is 0.222 e. The van der Waals surface area contributed by atoms with Gasteiger partial charge in [-0.2, -0.15) is 10.1 Å². The monoisotopic (exact) mass is 286 g/mol. The summed E-state index contributed by atoms with van der Waals surface area (Å²) in [5, 5.41) is 4.55. The molecule has 1 aliphatic rings. The fourth-order valence-electron chi connectivity index (χ4n) is 3.33. The average Bonchev–Trinajstić information content (AvgIpc) is 2.94. The Labute approximate surface area is 125 Å². The minimum absolute atomic E-state index is 0.326. The van der Waals surface area contributed by atoms with Crippen LogP contribution in [0.3, 0.4) is 0 Å². The fraction of sp³-hybridized carbons (Fsp3) is 0.533. The van der Waals surface area contributed by atoms with Gasteiger partial charge in [0.1, 0.15) is 5.82 Å². The molecule has 112 valence electrons. The first kappa shape index (κ1) is 13.9. The summed E-state index contributed by atoms with van der Waals surface area (Å²) in [6, 6.07) is 2.34. The number of hydrogen-bond acceptors (Lipinski definition) is 5. The standard InChI is InChI=1S/C15H22N6/c1-9-8-13(18-15(16)17-9)21-7-5-6-12(21)14-10(2)19-20(4)11(14)3/h8,12H,5-7H2,1-4H3,(H2,16,17,18). The van der Waals surface area contributed by atoms with Crippen molar-refractivity contribution in [2.45, 2.75) is 39.7 Å². The van der Waals surface area contributed by atoms with Crippen molar-refractivity contribution in [3.63, 3.8) is 0 Å². The van der Waals surface area contributed by atoms with Crippen LogP contribution in [0.2, 0.25) is 0 Å². The Hall–Kier alpha value is -2.11. The van der Waals surface area contributed by atoms with Crippen LogP contribution in [0.25, 0.3) is 0 Å². The highest BCUT2D eigenvalue weighted by Crippen LogP contribution is 2.38. The van der Waals surface area contributed by atoms with Crippen molar-refractivity contribution in [3.8, 4) is 0 Å². The molecule has 1 saturated heterocycles. The van der Waals surface area contributed by atoms with E-state index in [1.54, 1.807) is 0 Å². The van der Waals surface area contributed by atoms with E-state index in [2.05, 4.69) is 33.8 Å². The molecule has 1 atom stereocenters. The lowest BCUT2D eigenvalue weighted by Gasteiger charge is -2.26. The first-order valence-corrected chi connectivity index (χ1v) is 7.35. The molecule has 3 rings (SSSR count). The lowest BCUT2D eigenvalue weighted by atomic mass is 10.0. The SMILES string of the molecule is Cc1cc(N2CCCC2c2c(C)nn(C)c2C)nc(N)n1. The van der Waals surface area contributed by atoms with E-state index in [0.29, 0.717) is 12.0 Å². The minimum Gasteiger partial charge on any atom is -0.368 e. The topological polar surface area (TPSA) is 72.9 Å². The Morgan fingerprint density at radius 3 is 2.62 bits per heavy atom. The van der Waals surface area contributed by atoms with E-state index in [4.69, 9.17) is 5.73 Å². The first-order valence-electron chi connectivity index (χ1n) is 7.35. The van der Waals surface area contributed by atoms with Gasteiger partial charge in [-0.3, -0.25) is 4.68 Å². The molecule has 6 nitrogen and oxygen atoms in total. The molecule has 0 aliphatic carbocycles. The normalized spacial score (nSPS) is 18.5. The van der Waals surface area contributed by atoms with E-state index in [0.717, 1.165) is 36.6 Å². The van der Waals surface area contributed by atoms with E-state index in [1.807, 2.05) is 24.7 Å². The van der Waals surface area contributed by atoms with E-state index < -0.39 is 0 Å². The van der Waals surface area contributed by atoms with Crippen LogP contribution < -0.4 is 10.6 Å². The Kier molecular flexibility index (Phi) is 3.31. The molecule has 6 heteroatoms. The van der Waals surface area contributed by atoms with Crippen molar-refractivity contribution in [2.24, 2.45) is 7.05 Å². The fourth-order valence-corrected chi connectivity index (χ4v) is 3.33. The molecule has 0 radical (unpaired) electrons. The van der Waals surface area contributed by atoms with Gasteiger partial charge in [0.25, 0.3) is 0 Å². The van der Waals surface area contributed by atoms with Crippen molar-refractivity contribution < 1.29 is 0 Å². The highest BCUT2D eigenvalue weighted by molar-refractivity contribution is 5.48. The molecule has 0 aromatic carbocycles. The quantitative estimate of drug-likeness (QED) is 0.914. The Bertz CT molecular complexity index is 655. The van der Waals surface area contributed by atoms with Crippen molar-refractivity contribution in [1.29, 1.82) is 0 Å². The van der Waals surface area contributed by atoms with Crippen LogP contribution in [0.4, 0.5) is 11.8 Å². The summed E-state index contributed by atoms with van der Waals surface area (Å²) in [5.74, 6) is 1.26. The molecule has 1 fully saturated rings. The molecule has 0 saturated carbocycles. The number of nitrogens with zero attached hydrogens (tertiary/aromatic N) is 5. The van der Waals surface area contributed by atoms with E-state index in [-0.39, 0.29) is 0 Å². The van der Waals surface area contributed by atoms with Gasteiger partial charge in [-0.15, -0.1) is 0 Å². The maximum atomic E-state index is 5.81.